The number of thioether (sulfide) groups is 1. The Kier molecular flexibility index (Phi) is 7.95. The summed E-state index contributed by atoms with van der Waals surface area (Å²) < 4.78 is 1.82. The van der Waals surface area contributed by atoms with E-state index in [1.807, 2.05) is 42.7 Å². The topological polar surface area (TPSA) is 88.9 Å². The zero-order chi connectivity index (χ0) is 22.4. The van der Waals surface area contributed by atoms with E-state index in [4.69, 9.17) is 23.2 Å². The van der Waals surface area contributed by atoms with E-state index in [9.17, 15) is 9.59 Å². The number of carbonyl (C=O) groups is 2. The van der Waals surface area contributed by atoms with Crippen LogP contribution in [0.3, 0.4) is 0 Å². The van der Waals surface area contributed by atoms with Gasteiger partial charge < -0.3 is 15.2 Å². The first-order valence-corrected chi connectivity index (χ1v) is 11.3. The largest absolute Gasteiger partial charge is 0.326 e. The molecule has 0 aliphatic carbocycles. The molecule has 0 saturated carbocycles. The second-order valence-electron chi connectivity index (χ2n) is 6.67. The van der Waals surface area contributed by atoms with Gasteiger partial charge in [0.1, 0.15) is 5.82 Å². The molecule has 0 saturated heterocycles. The number of rotatable bonds is 8. The predicted octanol–water partition coefficient (Wildman–Crippen LogP) is 4.83. The second-order valence-corrected chi connectivity index (χ2v) is 8.40. The van der Waals surface area contributed by atoms with Crippen molar-refractivity contribution in [3.8, 4) is 0 Å². The lowest BCUT2D eigenvalue weighted by Crippen LogP contribution is -2.18. The van der Waals surface area contributed by atoms with Gasteiger partial charge in [-0.1, -0.05) is 58.7 Å². The summed E-state index contributed by atoms with van der Waals surface area (Å²) in [5.74, 6) is 0.207. The van der Waals surface area contributed by atoms with Gasteiger partial charge in [0.25, 0.3) is 0 Å². The molecule has 31 heavy (non-hydrogen) atoms. The molecule has 0 spiro atoms. The smallest absolute Gasteiger partial charge is 0.234 e. The third kappa shape index (κ3) is 6.22. The lowest BCUT2D eigenvalue weighted by molar-refractivity contribution is -0.116. The molecule has 1 heterocycles. The number of aryl methyl sites for hydroxylation is 1. The van der Waals surface area contributed by atoms with Crippen LogP contribution >= 0.6 is 35.0 Å². The van der Waals surface area contributed by atoms with E-state index < -0.39 is 0 Å². The summed E-state index contributed by atoms with van der Waals surface area (Å²) in [4.78, 5) is 24.7. The van der Waals surface area contributed by atoms with E-state index in [0.717, 1.165) is 11.3 Å². The SMILES string of the molecule is CCn1c(CC(=O)Nc2ccc(C)cc2)nnc1SCC(=O)Nc1cccc(Cl)c1Cl. The minimum atomic E-state index is -0.251. The van der Waals surface area contributed by atoms with Crippen LogP contribution in [0.5, 0.6) is 0 Å². The zero-order valence-electron chi connectivity index (χ0n) is 17.0. The number of nitrogens with one attached hydrogen (secondary N) is 2. The van der Waals surface area contributed by atoms with E-state index in [2.05, 4.69) is 20.8 Å². The fraction of sp³-hybridized carbons (Fsp3) is 0.238. The summed E-state index contributed by atoms with van der Waals surface area (Å²) in [5, 5.41) is 15.1. The molecule has 0 radical (unpaired) electrons. The summed E-state index contributed by atoms with van der Waals surface area (Å²) in [6, 6.07) is 12.6. The van der Waals surface area contributed by atoms with Gasteiger partial charge in [-0.15, -0.1) is 10.2 Å². The van der Waals surface area contributed by atoms with Crippen molar-refractivity contribution in [3.05, 3.63) is 63.9 Å². The molecule has 0 unspecified atom stereocenters. The van der Waals surface area contributed by atoms with Gasteiger partial charge in [0.2, 0.25) is 11.8 Å². The van der Waals surface area contributed by atoms with Crippen LogP contribution < -0.4 is 10.6 Å². The third-order valence-electron chi connectivity index (χ3n) is 4.32. The van der Waals surface area contributed by atoms with Gasteiger partial charge in [0, 0.05) is 12.2 Å². The number of anilines is 2. The van der Waals surface area contributed by atoms with Gasteiger partial charge in [-0.3, -0.25) is 9.59 Å². The highest BCUT2D eigenvalue weighted by atomic mass is 35.5. The molecule has 3 rings (SSSR count). The first-order valence-electron chi connectivity index (χ1n) is 9.52. The Bertz CT molecular complexity index is 1090. The molecule has 0 aliphatic heterocycles. The van der Waals surface area contributed by atoms with Crippen molar-refractivity contribution in [2.24, 2.45) is 0 Å². The summed E-state index contributed by atoms with van der Waals surface area (Å²) in [5.41, 5.74) is 2.29. The number of hydrogen-bond acceptors (Lipinski definition) is 5. The normalized spacial score (nSPS) is 10.7. The Balaban J connectivity index is 1.59. The Labute approximate surface area is 194 Å². The minimum absolute atomic E-state index is 0.0829. The molecule has 3 aromatic rings. The van der Waals surface area contributed by atoms with Crippen molar-refractivity contribution >= 4 is 58.2 Å². The summed E-state index contributed by atoms with van der Waals surface area (Å²) in [6.45, 7) is 4.49. The molecule has 2 amide bonds. The number of carbonyl (C=O) groups excluding carboxylic acids is 2. The molecule has 0 bridgehead atoms. The first kappa shape index (κ1) is 23.1. The number of aromatic nitrogens is 3. The lowest BCUT2D eigenvalue weighted by Gasteiger charge is -2.09. The van der Waals surface area contributed by atoms with Crippen molar-refractivity contribution in [1.29, 1.82) is 0 Å². The molecule has 1 aromatic heterocycles. The molecule has 2 aromatic carbocycles. The van der Waals surface area contributed by atoms with Crippen LogP contribution in [0.25, 0.3) is 0 Å². The van der Waals surface area contributed by atoms with Gasteiger partial charge >= 0.3 is 0 Å². The van der Waals surface area contributed by atoms with Gasteiger partial charge in [-0.05, 0) is 38.1 Å². The Morgan fingerprint density at radius 1 is 1.03 bits per heavy atom. The number of hydrogen-bond donors (Lipinski definition) is 2. The quantitative estimate of drug-likeness (QED) is 0.453. The van der Waals surface area contributed by atoms with Crippen LogP contribution in [0.2, 0.25) is 10.0 Å². The number of benzene rings is 2. The Morgan fingerprint density at radius 3 is 2.48 bits per heavy atom. The van der Waals surface area contributed by atoms with E-state index in [1.54, 1.807) is 18.2 Å². The predicted molar refractivity (Wildman–Crippen MR) is 125 cm³/mol. The Hall–Kier alpha value is -2.55. The van der Waals surface area contributed by atoms with Crippen molar-refractivity contribution < 1.29 is 9.59 Å². The number of halogens is 2. The summed E-state index contributed by atoms with van der Waals surface area (Å²) >= 11 is 13.3. The third-order valence-corrected chi connectivity index (χ3v) is 6.11. The van der Waals surface area contributed by atoms with Gasteiger partial charge in [0.05, 0.1) is 27.9 Å². The summed E-state index contributed by atoms with van der Waals surface area (Å²) in [7, 11) is 0. The maximum Gasteiger partial charge on any atom is 0.234 e. The Morgan fingerprint density at radius 2 is 1.77 bits per heavy atom. The van der Waals surface area contributed by atoms with Crippen molar-refractivity contribution in [2.45, 2.75) is 32.0 Å². The van der Waals surface area contributed by atoms with Crippen molar-refractivity contribution in [2.75, 3.05) is 16.4 Å². The van der Waals surface area contributed by atoms with Crippen LogP contribution in [-0.2, 0) is 22.6 Å². The maximum absolute atomic E-state index is 12.4. The first-order chi connectivity index (χ1) is 14.9. The van der Waals surface area contributed by atoms with E-state index in [1.165, 1.54) is 11.8 Å². The van der Waals surface area contributed by atoms with Crippen LogP contribution in [0, 0.1) is 6.92 Å². The highest BCUT2D eigenvalue weighted by molar-refractivity contribution is 7.99. The molecular weight excluding hydrogens is 457 g/mol. The van der Waals surface area contributed by atoms with Gasteiger partial charge in [-0.2, -0.15) is 0 Å². The lowest BCUT2D eigenvalue weighted by atomic mass is 10.2. The highest BCUT2D eigenvalue weighted by Crippen LogP contribution is 2.29. The number of nitrogens with zero attached hydrogens (tertiary/aromatic N) is 3. The average Bonchev–Trinajstić information content (AvgIpc) is 3.13. The van der Waals surface area contributed by atoms with E-state index >= 15 is 0 Å². The zero-order valence-corrected chi connectivity index (χ0v) is 19.3. The van der Waals surface area contributed by atoms with Crippen LogP contribution in [0.15, 0.2) is 47.6 Å². The van der Waals surface area contributed by atoms with Gasteiger partial charge in [-0.25, -0.2) is 0 Å². The minimum Gasteiger partial charge on any atom is -0.326 e. The monoisotopic (exact) mass is 477 g/mol. The van der Waals surface area contributed by atoms with Crippen LogP contribution in [0.1, 0.15) is 18.3 Å². The summed E-state index contributed by atoms with van der Waals surface area (Å²) in [6.07, 6.45) is 0.0829. The second kappa shape index (κ2) is 10.7. The molecule has 162 valence electrons. The van der Waals surface area contributed by atoms with Gasteiger partial charge in [0.15, 0.2) is 5.16 Å². The van der Waals surface area contributed by atoms with E-state index in [0.29, 0.717) is 33.3 Å². The highest BCUT2D eigenvalue weighted by Gasteiger charge is 2.16. The molecule has 10 heteroatoms. The average molecular weight is 478 g/mol. The molecule has 0 fully saturated rings. The molecule has 0 aliphatic rings. The molecular formula is C21H21Cl2N5O2S. The standard InChI is InChI=1S/C21H21Cl2N5O2S/c1-3-28-17(11-18(29)24-14-9-7-13(2)8-10-14)26-27-21(28)31-12-19(30)25-16-6-4-5-15(22)20(16)23/h4-10H,3,11-12H2,1-2H3,(H,24,29)(H,25,30). The fourth-order valence-electron chi connectivity index (χ4n) is 2.78. The van der Waals surface area contributed by atoms with Crippen molar-refractivity contribution in [3.63, 3.8) is 0 Å². The van der Waals surface area contributed by atoms with Crippen LogP contribution in [-0.4, -0.2) is 32.3 Å². The molecule has 2 N–H and O–H groups in total. The molecule has 0 atom stereocenters. The number of amides is 2. The maximum atomic E-state index is 12.4. The van der Waals surface area contributed by atoms with E-state index in [-0.39, 0.29) is 24.0 Å². The van der Waals surface area contributed by atoms with Crippen LogP contribution in [0.4, 0.5) is 11.4 Å². The molecule has 7 nitrogen and oxygen atoms in total. The van der Waals surface area contributed by atoms with Crippen molar-refractivity contribution in [1.82, 2.24) is 14.8 Å². The fourth-order valence-corrected chi connectivity index (χ4v) is 3.95.